The summed E-state index contributed by atoms with van der Waals surface area (Å²) in [5.74, 6) is 0.145. The summed E-state index contributed by atoms with van der Waals surface area (Å²) in [6, 6.07) is 2.23. The number of ether oxygens (including phenoxy) is 1. The molecule has 5 nitrogen and oxygen atoms in total. The topological polar surface area (TPSA) is 58.2 Å². The van der Waals surface area contributed by atoms with E-state index in [9.17, 15) is 4.79 Å². The van der Waals surface area contributed by atoms with Crippen LogP contribution in [0.15, 0.2) is 23.8 Å². The van der Waals surface area contributed by atoms with Crippen molar-refractivity contribution in [3.8, 4) is 10.4 Å². The first kappa shape index (κ1) is 14.0. The van der Waals surface area contributed by atoms with Crippen molar-refractivity contribution in [2.75, 3.05) is 13.2 Å². The number of morpholine rings is 1. The van der Waals surface area contributed by atoms with Crippen LogP contribution >= 0.6 is 11.3 Å². The highest BCUT2D eigenvalue weighted by Gasteiger charge is 2.37. The van der Waals surface area contributed by atoms with Gasteiger partial charge in [-0.3, -0.25) is 9.89 Å². The predicted octanol–water partition coefficient (Wildman–Crippen LogP) is 2.92. The largest absolute Gasteiger partial charge is 0.374 e. The molecule has 2 fully saturated rings. The molecule has 2 aliphatic rings. The second-order valence-corrected chi connectivity index (χ2v) is 6.86. The zero-order chi connectivity index (χ0) is 14.9. The van der Waals surface area contributed by atoms with Gasteiger partial charge in [-0.05, 0) is 18.9 Å². The van der Waals surface area contributed by atoms with Crippen LogP contribution in [0.5, 0.6) is 0 Å². The number of rotatable bonds is 2. The molecule has 3 heterocycles. The molecule has 1 saturated carbocycles. The summed E-state index contributed by atoms with van der Waals surface area (Å²) in [5, 5.41) is 8.73. The fourth-order valence-electron chi connectivity index (χ4n) is 3.50. The van der Waals surface area contributed by atoms with Crippen molar-refractivity contribution < 1.29 is 9.53 Å². The van der Waals surface area contributed by atoms with Crippen molar-refractivity contribution in [3.05, 3.63) is 29.4 Å². The molecule has 0 aromatic carbocycles. The lowest BCUT2D eigenvalue weighted by atomic mass is 9.90. The molecule has 1 amide bonds. The van der Waals surface area contributed by atoms with Crippen molar-refractivity contribution in [2.24, 2.45) is 0 Å². The van der Waals surface area contributed by atoms with Gasteiger partial charge in [0, 0.05) is 28.6 Å². The van der Waals surface area contributed by atoms with E-state index in [1.54, 1.807) is 17.5 Å². The second kappa shape index (κ2) is 5.85. The molecular weight excluding hydrogens is 298 g/mol. The summed E-state index contributed by atoms with van der Waals surface area (Å²) in [6.45, 7) is 1.36. The van der Waals surface area contributed by atoms with Gasteiger partial charge in [0.25, 0.3) is 5.91 Å². The molecule has 1 saturated heterocycles. The second-order valence-electron chi connectivity index (χ2n) is 5.95. The average molecular weight is 317 g/mol. The molecule has 22 heavy (non-hydrogen) atoms. The molecule has 2 aromatic rings. The van der Waals surface area contributed by atoms with Crippen molar-refractivity contribution in [2.45, 2.75) is 37.8 Å². The van der Waals surface area contributed by atoms with Gasteiger partial charge in [0.2, 0.25) is 0 Å². The Balaban J connectivity index is 1.56. The standard InChI is InChI=1S/C16H19N3O2S/c20-16(11-7-15(22-10-11)12-8-17-18-9-12)19-5-6-21-14-4-2-1-3-13(14)19/h7-10,13-14H,1-6H2,(H,17,18). The molecule has 116 valence electrons. The Morgan fingerprint density at radius 2 is 2.32 bits per heavy atom. The molecule has 2 aromatic heterocycles. The minimum Gasteiger partial charge on any atom is -0.374 e. The highest BCUT2D eigenvalue weighted by molar-refractivity contribution is 7.13. The Labute approximate surface area is 133 Å². The molecule has 4 rings (SSSR count). The summed E-state index contributed by atoms with van der Waals surface area (Å²) in [4.78, 5) is 16.0. The highest BCUT2D eigenvalue weighted by Crippen LogP contribution is 2.31. The lowest BCUT2D eigenvalue weighted by Gasteiger charge is -2.43. The third-order valence-corrected chi connectivity index (χ3v) is 5.60. The zero-order valence-corrected chi connectivity index (χ0v) is 13.1. The van der Waals surface area contributed by atoms with E-state index in [1.807, 2.05) is 22.5 Å². The molecule has 6 heteroatoms. The lowest BCUT2D eigenvalue weighted by molar-refractivity contribution is -0.0752. The van der Waals surface area contributed by atoms with Crippen LogP contribution < -0.4 is 0 Å². The molecule has 2 unspecified atom stereocenters. The van der Waals surface area contributed by atoms with Crippen molar-refractivity contribution in [1.82, 2.24) is 15.1 Å². The van der Waals surface area contributed by atoms with Crippen LogP contribution in [0.3, 0.4) is 0 Å². The first-order chi connectivity index (χ1) is 10.8. The van der Waals surface area contributed by atoms with Gasteiger partial charge < -0.3 is 9.64 Å². The van der Waals surface area contributed by atoms with Gasteiger partial charge >= 0.3 is 0 Å². The van der Waals surface area contributed by atoms with Gasteiger partial charge in [0.05, 0.1) is 30.5 Å². The summed E-state index contributed by atoms with van der Waals surface area (Å²) >= 11 is 1.59. The number of H-pyrrole nitrogens is 1. The number of amides is 1. The number of carbonyl (C=O) groups excluding carboxylic acids is 1. The van der Waals surface area contributed by atoms with E-state index in [0.717, 1.165) is 28.8 Å². The monoisotopic (exact) mass is 317 g/mol. The Morgan fingerprint density at radius 1 is 1.41 bits per heavy atom. The van der Waals surface area contributed by atoms with Crippen LogP contribution in [0.2, 0.25) is 0 Å². The van der Waals surface area contributed by atoms with E-state index in [0.29, 0.717) is 13.2 Å². The van der Waals surface area contributed by atoms with E-state index < -0.39 is 0 Å². The quantitative estimate of drug-likeness (QED) is 0.926. The Hall–Kier alpha value is -1.66. The third-order valence-electron chi connectivity index (χ3n) is 4.62. The number of nitrogens with zero attached hydrogens (tertiary/aromatic N) is 2. The smallest absolute Gasteiger partial charge is 0.255 e. The number of carbonyl (C=O) groups is 1. The predicted molar refractivity (Wildman–Crippen MR) is 84.9 cm³/mol. The van der Waals surface area contributed by atoms with Gasteiger partial charge in [-0.1, -0.05) is 12.8 Å². The van der Waals surface area contributed by atoms with Gasteiger partial charge in [0.1, 0.15) is 0 Å². The van der Waals surface area contributed by atoms with Crippen LogP contribution in [0.1, 0.15) is 36.0 Å². The summed E-state index contributed by atoms with van der Waals surface area (Å²) < 4.78 is 5.86. The number of nitrogens with one attached hydrogen (secondary N) is 1. The fourth-order valence-corrected chi connectivity index (χ4v) is 4.37. The van der Waals surface area contributed by atoms with E-state index in [-0.39, 0.29) is 18.1 Å². The first-order valence-corrected chi connectivity index (χ1v) is 8.71. The molecule has 2 atom stereocenters. The number of hydrogen-bond donors (Lipinski definition) is 1. The van der Waals surface area contributed by atoms with Crippen molar-refractivity contribution in [3.63, 3.8) is 0 Å². The fraction of sp³-hybridized carbons (Fsp3) is 0.500. The van der Waals surface area contributed by atoms with Crippen LogP contribution in [-0.2, 0) is 4.74 Å². The van der Waals surface area contributed by atoms with E-state index in [2.05, 4.69) is 10.2 Å². The van der Waals surface area contributed by atoms with Crippen molar-refractivity contribution >= 4 is 17.2 Å². The zero-order valence-electron chi connectivity index (χ0n) is 12.3. The molecule has 0 radical (unpaired) electrons. The highest BCUT2D eigenvalue weighted by atomic mass is 32.1. The first-order valence-electron chi connectivity index (χ1n) is 7.83. The van der Waals surface area contributed by atoms with Gasteiger partial charge in [0.15, 0.2) is 0 Å². The summed E-state index contributed by atoms with van der Waals surface area (Å²) in [6.07, 6.45) is 8.43. The van der Waals surface area contributed by atoms with E-state index in [1.165, 1.54) is 12.8 Å². The molecule has 1 N–H and O–H groups in total. The molecule has 0 spiro atoms. The summed E-state index contributed by atoms with van der Waals surface area (Å²) in [7, 11) is 0. The Kier molecular flexibility index (Phi) is 3.72. The van der Waals surface area contributed by atoms with Gasteiger partial charge in [-0.25, -0.2) is 0 Å². The number of thiophene rings is 1. The van der Waals surface area contributed by atoms with E-state index in [4.69, 9.17) is 4.74 Å². The van der Waals surface area contributed by atoms with Crippen LogP contribution in [0.25, 0.3) is 10.4 Å². The normalized spacial score (nSPS) is 25.0. The maximum absolute atomic E-state index is 12.9. The van der Waals surface area contributed by atoms with Gasteiger partial charge in [-0.15, -0.1) is 11.3 Å². The Bertz CT molecular complexity index is 650. The summed E-state index contributed by atoms with van der Waals surface area (Å²) in [5.41, 5.74) is 1.81. The number of hydrogen-bond acceptors (Lipinski definition) is 4. The van der Waals surface area contributed by atoms with Crippen LogP contribution in [0.4, 0.5) is 0 Å². The maximum atomic E-state index is 12.9. The van der Waals surface area contributed by atoms with Crippen LogP contribution in [0, 0.1) is 0 Å². The average Bonchev–Trinajstić information content (AvgIpc) is 3.24. The SMILES string of the molecule is O=C(c1csc(-c2cn[nH]c2)c1)N1CCOC2CCCCC21. The molecule has 1 aliphatic heterocycles. The van der Waals surface area contributed by atoms with Crippen molar-refractivity contribution in [1.29, 1.82) is 0 Å². The minimum atomic E-state index is 0.145. The van der Waals surface area contributed by atoms with Gasteiger partial charge in [-0.2, -0.15) is 5.10 Å². The van der Waals surface area contributed by atoms with Crippen LogP contribution in [-0.4, -0.2) is 46.3 Å². The lowest BCUT2D eigenvalue weighted by Crippen LogP contribution is -2.54. The Morgan fingerprint density at radius 3 is 3.18 bits per heavy atom. The number of aromatic amines is 1. The maximum Gasteiger partial charge on any atom is 0.255 e. The minimum absolute atomic E-state index is 0.145. The molecule has 1 aliphatic carbocycles. The molecule has 0 bridgehead atoms. The number of aromatic nitrogens is 2. The number of fused-ring (bicyclic) bond motifs is 1. The third kappa shape index (κ3) is 2.46. The molecular formula is C16H19N3O2S. The van der Waals surface area contributed by atoms with E-state index >= 15 is 0 Å².